The Hall–Kier alpha value is -2.53. The van der Waals surface area contributed by atoms with Gasteiger partial charge in [0.15, 0.2) is 5.17 Å². The maximum absolute atomic E-state index is 12.2. The topological polar surface area (TPSA) is 50.7 Å². The molecule has 1 fully saturated rings. The quantitative estimate of drug-likeness (QED) is 0.370. The first-order valence-corrected chi connectivity index (χ1v) is 11.1. The number of thioether (sulfide) groups is 1. The number of carbonyl (C=O) groups excluding carboxylic acids is 1. The number of para-hydroxylation sites is 1. The first-order chi connectivity index (χ1) is 14.2. The summed E-state index contributed by atoms with van der Waals surface area (Å²) in [7, 11) is 0. The number of nitrogens with one attached hydrogen (secondary N) is 1. The monoisotopic (exact) mass is 408 g/mol. The maximum atomic E-state index is 12.2. The van der Waals surface area contributed by atoms with E-state index in [1.165, 1.54) is 43.9 Å². The Kier molecular flexibility index (Phi) is 8.38. The van der Waals surface area contributed by atoms with Crippen LogP contribution in [0.25, 0.3) is 6.08 Å². The largest absolute Gasteiger partial charge is 0.494 e. The summed E-state index contributed by atoms with van der Waals surface area (Å²) < 4.78 is 5.82. The summed E-state index contributed by atoms with van der Waals surface area (Å²) in [5.74, 6) is 0.753. The number of amides is 1. The third-order valence-electron chi connectivity index (χ3n) is 4.58. The van der Waals surface area contributed by atoms with Crippen molar-refractivity contribution in [3.63, 3.8) is 0 Å². The molecule has 1 saturated heterocycles. The molecule has 0 spiro atoms. The highest BCUT2D eigenvalue weighted by atomic mass is 32.2. The van der Waals surface area contributed by atoms with E-state index >= 15 is 0 Å². The van der Waals surface area contributed by atoms with E-state index in [1.54, 1.807) is 0 Å². The molecule has 0 saturated carbocycles. The standard InChI is InChI=1S/C24H28N2O2S/c1-2-3-4-5-6-10-17-28-21-15-13-19(14-16-21)18-22-23(27)26-24(29-22)25-20-11-8-7-9-12-20/h7-9,11-16,18H,2-6,10,17H2,1H3,(H,25,26,27). The smallest absolute Gasteiger partial charge is 0.264 e. The van der Waals surface area contributed by atoms with Gasteiger partial charge in [-0.1, -0.05) is 69.4 Å². The van der Waals surface area contributed by atoms with Gasteiger partial charge in [-0.05, 0) is 54.1 Å². The summed E-state index contributed by atoms with van der Waals surface area (Å²) >= 11 is 1.36. The van der Waals surface area contributed by atoms with Crippen molar-refractivity contribution in [3.05, 3.63) is 65.1 Å². The summed E-state index contributed by atoms with van der Waals surface area (Å²) in [6.45, 7) is 2.99. The lowest BCUT2D eigenvalue weighted by Crippen LogP contribution is -2.19. The highest BCUT2D eigenvalue weighted by Gasteiger charge is 2.23. The minimum absolute atomic E-state index is 0.118. The second-order valence-electron chi connectivity index (χ2n) is 7.00. The molecule has 1 N–H and O–H groups in total. The van der Waals surface area contributed by atoms with Crippen LogP contribution >= 0.6 is 11.8 Å². The first kappa shape index (κ1) is 21.2. The lowest BCUT2D eigenvalue weighted by atomic mass is 10.1. The fourth-order valence-electron chi connectivity index (χ4n) is 2.98. The molecule has 152 valence electrons. The average molecular weight is 409 g/mol. The molecule has 29 heavy (non-hydrogen) atoms. The van der Waals surface area contributed by atoms with Crippen LogP contribution < -0.4 is 10.1 Å². The highest BCUT2D eigenvalue weighted by molar-refractivity contribution is 8.18. The molecular formula is C24H28N2O2S. The van der Waals surface area contributed by atoms with Gasteiger partial charge in [-0.25, -0.2) is 4.99 Å². The molecule has 0 unspecified atom stereocenters. The SMILES string of the molecule is CCCCCCCCOc1ccc(C=C2SC(=Nc3ccccc3)NC2=O)cc1. The number of rotatable bonds is 10. The van der Waals surface area contributed by atoms with Gasteiger partial charge in [0.25, 0.3) is 5.91 Å². The maximum Gasteiger partial charge on any atom is 0.264 e. The summed E-state index contributed by atoms with van der Waals surface area (Å²) in [6.07, 6.45) is 9.42. The minimum Gasteiger partial charge on any atom is -0.494 e. The lowest BCUT2D eigenvalue weighted by molar-refractivity contribution is -0.115. The number of aliphatic imine (C=N–C) groups is 1. The molecule has 1 heterocycles. The molecule has 3 rings (SSSR count). The van der Waals surface area contributed by atoms with Crippen molar-refractivity contribution in [2.75, 3.05) is 6.61 Å². The van der Waals surface area contributed by atoms with Gasteiger partial charge in [-0.15, -0.1) is 0 Å². The van der Waals surface area contributed by atoms with E-state index in [2.05, 4.69) is 17.2 Å². The van der Waals surface area contributed by atoms with Crippen molar-refractivity contribution >= 4 is 34.6 Å². The molecule has 0 radical (unpaired) electrons. The molecule has 0 bridgehead atoms. The molecular weight excluding hydrogens is 380 g/mol. The third kappa shape index (κ3) is 7.09. The second kappa shape index (κ2) is 11.5. The number of carbonyl (C=O) groups is 1. The van der Waals surface area contributed by atoms with Crippen LogP contribution in [-0.2, 0) is 4.79 Å². The predicted molar refractivity (Wildman–Crippen MR) is 123 cm³/mol. The Labute approximate surface area is 177 Å². The summed E-state index contributed by atoms with van der Waals surface area (Å²) in [4.78, 5) is 17.3. The highest BCUT2D eigenvalue weighted by Crippen LogP contribution is 2.28. The zero-order chi connectivity index (χ0) is 20.3. The lowest BCUT2D eigenvalue weighted by Gasteiger charge is -2.06. The van der Waals surface area contributed by atoms with Crippen molar-refractivity contribution in [2.45, 2.75) is 45.4 Å². The molecule has 1 amide bonds. The molecule has 2 aromatic rings. The average Bonchev–Trinajstić information content (AvgIpc) is 3.08. The van der Waals surface area contributed by atoms with Gasteiger partial charge in [0.05, 0.1) is 17.2 Å². The van der Waals surface area contributed by atoms with E-state index in [0.29, 0.717) is 10.1 Å². The number of hydrogen-bond acceptors (Lipinski definition) is 4. The van der Waals surface area contributed by atoms with Crippen molar-refractivity contribution in [2.24, 2.45) is 4.99 Å². The Morgan fingerprint density at radius 2 is 1.69 bits per heavy atom. The van der Waals surface area contributed by atoms with Crippen molar-refractivity contribution < 1.29 is 9.53 Å². The minimum atomic E-state index is -0.118. The molecule has 0 atom stereocenters. The molecule has 2 aromatic carbocycles. The number of nitrogens with zero attached hydrogens (tertiary/aromatic N) is 1. The number of hydrogen-bond donors (Lipinski definition) is 1. The van der Waals surface area contributed by atoms with Gasteiger partial charge in [0.1, 0.15) is 5.75 Å². The Balaban J connectivity index is 1.49. The molecule has 0 aliphatic carbocycles. The van der Waals surface area contributed by atoms with E-state index in [-0.39, 0.29) is 5.91 Å². The fraction of sp³-hybridized carbons (Fsp3) is 0.333. The van der Waals surface area contributed by atoms with E-state index in [4.69, 9.17) is 4.74 Å². The van der Waals surface area contributed by atoms with Crippen molar-refractivity contribution in [1.29, 1.82) is 0 Å². The summed E-state index contributed by atoms with van der Waals surface area (Å²) in [5, 5.41) is 3.42. The molecule has 4 nitrogen and oxygen atoms in total. The zero-order valence-electron chi connectivity index (χ0n) is 16.9. The van der Waals surface area contributed by atoms with E-state index in [0.717, 1.165) is 30.0 Å². The zero-order valence-corrected chi connectivity index (χ0v) is 17.7. The number of ether oxygens (including phenoxy) is 1. The van der Waals surface area contributed by atoms with Gasteiger partial charge >= 0.3 is 0 Å². The van der Waals surface area contributed by atoms with Gasteiger partial charge < -0.3 is 10.1 Å². The number of benzene rings is 2. The van der Waals surface area contributed by atoms with Crippen LogP contribution in [0, 0.1) is 0 Å². The van der Waals surface area contributed by atoms with Crippen molar-refractivity contribution in [3.8, 4) is 5.75 Å². The van der Waals surface area contributed by atoms with Gasteiger partial charge in [-0.3, -0.25) is 4.79 Å². The van der Waals surface area contributed by atoms with Crippen LogP contribution in [0.5, 0.6) is 5.75 Å². The second-order valence-corrected chi connectivity index (χ2v) is 8.03. The van der Waals surface area contributed by atoms with Crippen LogP contribution in [-0.4, -0.2) is 17.7 Å². The molecule has 1 aliphatic heterocycles. The summed E-state index contributed by atoms with van der Waals surface area (Å²) in [5.41, 5.74) is 1.79. The molecule has 5 heteroatoms. The normalized spacial score (nSPS) is 16.4. The van der Waals surface area contributed by atoms with Gasteiger partial charge in [0.2, 0.25) is 0 Å². The van der Waals surface area contributed by atoms with Crippen LogP contribution in [0.15, 0.2) is 64.5 Å². The molecule has 0 aromatic heterocycles. The van der Waals surface area contributed by atoms with E-state index in [9.17, 15) is 4.79 Å². The van der Waals surface area contributed by atoms with Crippen LogP contribution in [0.1, 0.15) is 51.0 Å². The Morgan fingerprint density at radius 3 is 2.45 bits per heavy atom. The predicted octanol–water partition coefficient (Wildman–Crippen LogP) is 6.32. The van der Waals surface area contributed by atoms with E-state index in [1.807, 2.05) is 60.7 Å². The Morgan fingerprint density at radius 1 is 0.966 bits per heavy atom. The van der Waals surface area contributed by atoms with Crippen LogP contribution in [0.2, 0.25) is 0 Å². The summed E-state index contributed by atoms with van der Waals surface area (Å²) in [6, 6.07) is 17.5. The number of amidine groups is 1. The van der Waals surface area contributed by atoms with Crippen LogP contribution in [0.3, 0.4) is 0 Å². The third-order valence-corrected chi connectivity index (χ3v) is 5.49. The molecule has 1 aliphatic rings. The van der Waals surface area contributed by atoms with Crippen molar-refractivity contribution in [1.82, 2.24) is 5.32 Å². The van der Waals surface area contributed by atoms with E-state index < -0.39 is 0 Å². The van der Waals surface area contributed by atoms with Gasteiger partial charge in [0, 0.05) is 0 Å². The van der Waals surface area contributed by atoms with Gasteiger partial charge in [-0.2, -0.15) is 0 Å². The Bertz CT molecular complexity index is 845. The van der Waals surface area contributed by atoms with Crippen LogP contribution in [0.4, 0.5) is 5.69 Å². The fourth-order valence-corrected chi connectivity index (χ4v) is 3.83. The number of unbranched alkanes of at least 4 members (excludes halogenated alkanes) is 5. The first-order valence-electron chi connectivity index (χ1n) is 10.3.